The molecule has 0 bridgehead atoms. The molecule has 1 atom stereocenters. The van der Waals surface area contributed by atoms with Crippen molar-refractivity contribution in [3.8, 4) is 17.1 Å². The van der Waals surface area contributed by atoms with Crippen LogP contribution >= 0.6 is 0 Å². The predicted octanol–water partition coefficient (Wildman–Crippen LogP) is 5.08. The summed E-state index contributed by atoms with van der Waals surface area (Å²) in [6.45, 7) is 9.11. The zero-order valence-corrected chi connectivity index (χ0v) is 33.1. The maximum Gasteiger partial charge on any atom is 0.255 e. The van der Waals surface area contributed by atoms with Gasteiger partial charge < -0.3 is 24.2 Å². The molecular weight excluding hydrogens is 742 g/mol. The van der Waals surface area contributed by atoms with Crippen LogP contribution in [0.1, 0.15) is 80.6 Å². The minimum Gasteiger partial charge on any atom is -0.494 e. The predicted molar refractivity (Wildman–Crippen MR) is 216 cm³/mol. The fraction of sp³-hybridized carbons (Fsp3) is 0.535. The summed E-state index contributed by atoms with van der Waals surface area (Å²) in [5, 5.41) is 11.0. The molecule has 3 amide bonds. The summed E-state index contributed by atoms with van der Waals surface area (Å²) in [4.78, 5) is 54.7. The van der Waals surface area contributed by atoms with E-state index in [9.17, 15) is 14.4 Å². The number of unbranched alkanes of at least 4 members (excludes halogenated alkanes) is 2. The second-order valence-corrected chi connectivity index (χ2v) is 16.5. The Balaban J connectivity index is 0.711. The minimum absolute atomic E-state index is 0.0300. The Hall–Kier alpha value is -5.15. The van der Waals surface area contributed by atoms with E-state index in [1.807, 2.05) is 29.2 Å². The third kappa shape index (κ3) is 7.85. The number of halogens is 1. The molecule has 0 spiro atoms. The first kappa shape index (κ1) is 38.4. The van der Waals surface area contributed by atoms with Gasteiger partial charge >= 0.3 is 0 Å². The van der Waals surface area contributed by atoms with Crippen LogP contribution in [0.4, 0.5) is 15.9 Å². The molecule has 2 aromatic heterocycles. The topological polar surface area (TPSA) is 149 Å². The summed E-state index contributed by atoms with van der Waals surface area (Å²) in [5.41, 5.74) is 3.65. The first-order valence-electron chi connectivity index (χ1n) is 21.1. The van der Waals surface area contributed by atoms with E-state index in [2.05, 4.69) is 42.2 Å². The Bertz CT molecular complexity index is 2160. The molecule has 14 nitrogen and oxygen atoms in total. The van der Waals surface area contributed by atoms with Crippen LogP contribution in [0.15, 0.2) is 42.7 Å². The highest BCUT2D eigenvalue weighted by molar-refractivity contribution is 6.05. The van der Waals surface area contributed by atoms with Crippen LogP contribution in [-0.2, 0) is 20.9 Å². The van der Waals surface area contributed by atoms with E-state index < -0.39 is 17.8 Å². The molecule has 9 rings (SSSR count). The molecule has 0 radical (unpaired) electrons. The van der Waals surface area contributed by atoms with E-state index in [1.54, 1.807) is 18.5 Å². The number of piperidine rings is 2. The highest BCUT2D eigenvalue weighted by atomic mass is 19.1. The third-order valence-corrected chi connectivity index (χ3v) is 12.6. The van der Waals surface area contributed by atoms with Crippen LogP contribution in [-0.4, -0.2) is 118 Å². The number of fused-ring (bicyclic) bond motifs is 2. The van der Waals surface area contributed by atoms with Crippen LogP contribution < -0.4 is 19.9 Å². The molecule has 4 fully saturated rings. The number of nitrogens with zero attached hydrogens (tertiary/aromatic N) is 7. The zero-order chi connectivity index (χ0) is 39.8. The summed E-state index contributed by atoms with van der Waals surface area (Å²) in [5.74, 6) is 0.783. The van der Waals surface area contributed by atoms with Gasteiger partial charge in [0.05, 0.1) is 42.3 Å². The second kappa shape index (κ2) is 16.6. The van der Waals surface area contributed by atoms with E-state index >= 15 is 4.39 Å². The highest BCUT2D eigenvalue weighted by Gasteiger charge is 2.41. The molecule has 3 saturated heterocycles. The Morgan fingerprint density at radius 2 is 1.72 bits per heavy atom. The average molecular weight is 794 g/mol. The van der Waals surface area contributed by atoms with Crippen LogP contribution in [0.25, 0.3) is 22.3 Å². The number of imide groups is 1. The molecule has 306 valence electrons. The number of nitrogens with one attached hydrogen (secondary N) is 2. The van der Waals surface area contributed by atoms with Gasteiger partial charge in [-0.2, -0.15) is 5.10 Å². The fourth-order valence-electron chi connectivity index (χ4n) is 9.27. The number of piperazine rings is 1. The number of rotatable bonds is 13. The Morgan fingerprint density at radius 3 is 2.52 bits per heavy atom. The quantitative estimate of drug-likeness (QED) is 0.138. The SMILES string of the molecule is CCCCCOc1ccc2[nH]nc(-c3cc(N4CCN(CC5CC(OC6CCN(c7ccc8c(c7F)CN(C7CCC(=O)NC7=O)C8=O)CC6)C5)CC4)ncn3)c2c1. The summed E-state index contributed by atoms with van der Waals surface area (Å²) < 4.78 is 28.4. The smallest absolute Gasteiger partial charge is 0.255 e. The molecule has 58 heavy (non-hydrogen) atoms. The van der Waals surface area contributed by atoms with E-state index in [1.165, 1.54) is 4.90 Å². The van der Waals surface area contributed by atoms with Crippen molar-refractivity contribution in [2.45, 2.75) is 89.5 Å². The van der Waals surface area contributed by atoms with Crippen molar-refractivity contribution < 1.29 is 28.2 Å². The van der Waals surface area contributed by atoms with Crippen molar-refractivity contribution in [3.05, 3.63) is 59.7 Å². The van der Waals surface area contributed by atoms with Gasteiger partial charge in [0.15, 0.2) is 5.82 Å². The van der Waals surface area contributed by atoms with Crippen molar-refractivity contribution in [3.63, 3.8) is 0 Å². The van der Waals surface area contributed by atoms with Gasteiger partial charge in [0.25, 0.3) is 5.91 Å². The maximum absolute atomic E-state index is 15.9. The lowest BCUT2D eigenvalue weighted by atomic mass is 9.81. The summed E-state index contributed by atoms with van der Waals surface area (Å²) in [6.07, 6.45) is 9.59. The van der Waals surface area contributed by atoms with Gasteiger partial charge in [0.2, 0.25) is 11.8 Å². The van der Waals surface area contributed by atoms with Crippen LogP contribution in [0.3, 0.4) is 0 Å². The lowest BCUT2D eigenvalue weighted by Gasteiger charge is -2.43. The molecule has 15 heteroatoms. The summed E-state index contributed by atoms with van der Waals surface area (Å²) in [6, 6.07) is 10.7. The third-order valence-electron chi connectivity index (χ3n) is 12.6. The number of benzene rings is 2. The normalized spacial score (nSPS) is 23.0. The van der Waals surface area contributed by atoms with Crippen molar-refractivity contribution in [1.82, 2.24) is 35.3 Å². The van der Waals surface area contributed by atoms with E-state index in [0.29, 0.717) is 42.4 Å². The monoisotopic (exact) mass is 793 g/mol. The Kier molecular flexibility index (Phi) is 11.0. The maximum atomic E-state index is 15.9. The number of hydrogen-bond donors (Lipinski definition) is 2. The lowest BCUT2D eigenvalue weighted by molar-refractivity contribution is -0.136. The molecule has 5 aliphatic rings. The lowest BCUT2D eigenvalue weighted by Crippen LogP contribution is -2.52. The Morgan fingerprint density at radius 1 is 0.897 bits per heavy atom. The molecule has 2 N–H and O–H groups in total. The number of hydrogen-bond acceptors (Lipinski definition) is 11. The number of carbonyl (C=O) groups is 3. The van der Waals surface area contributed by atoms with Gasteiger partial charge in [-0.25, -0.2) is 14.4 Å². The minimum atomic E-state index is -0.764. The first-order chi connectivity index (χ1) is 28.3. The Labute approximate surface area is 337 Å². The summed E-state index contributed by atoms with van der Waals surface area (Å²) >= 11 is 0. The number of ether oxygens (including phenoxy) is 2. The van der Waals surface area contributed by atoms with Gasteiger partial charge in [-0.3, -0.25) is 29.7 Å². The molecule has 1 unspecified atom stereocenters. The zero-order valence-electron chi connectivity index (χ0n) is 33.1. The van der Waals surface area contributed by atoms with Gasteiger partial charge in [-0.15, -0.1) is 0 Å². The van der Waals surface area contributed by atoms with Gasteiger partial charge in [-0.05, 0) is 74.8 Å². The standard InChI is InChI=1S/C43H52FN9O5/c1-2-3-4-19-57-29-5-7-34-32(22-29)41(49-48-34)35-23-38(46-26-45-35)52-17-15-50(16-18-52)24-27-20-30(21-27)58-28-11-13-51(14-12-28)36-8-6-31-33(40(36)44)25-53(43(31)56)37-9-10-39(54)47-42(37)55/h5-8,22-23,26-28,30,37H,2-4,9-21,24-25H2,1H3,(H,48,49)(H,47,54,55). The second-order valence-electron chi connectivity index (χ2n) is 16.5. The van der Waals surface area contributed by atoms with E-state index in [0.717, 1.165) is 112 Å². The molecule has 2 aromatic carbocycles. The molecular formula is C43H52FN9O5. The molecule has 1 aliphatic carbocycles. The number of H-pyrrole nitrogens is 1. The molecule has 1 saturated carbocycles. The van der Waals surface area contributed by atoms with Crippen LogP contribution in [0, 0.1) is 11.7 Å². The fourth-order valence-corrected chi connectivity index (χ4v) is 9.27. The number of aromatic amines is 1. The van der Waals surface area contributed by atoms with Crippen LogP contribution in [0.5, 0.6) is 5.75 Å². The van der Waals surface area contributed by atoms with Crippen molar-refractivity contribution in [2.24, 2.45) is 5.92 Å². The molecule has 4 aromatic rings. The average Bonchev–Trinajstić information content (AvgIpc) is 3.80. The molecule has 6 heterocycles. The molecule has 4 aliphatic heterocycles. The van der Waals surface area contributed by atoms with Crippen LogP contribution in [0.2, 0.25) is 0 Å². The number of anilines is 2. The number of aromatic nitrogens is 4. The number of amides is 3. The highest BCUT2D eigenvalue weighted by Crippen LogP contribution is 2.37. The largest absolute Gasteiger partial charge is 0.494 e. The van der Waals surface area contributed by atoms with Gasteiger partial charge in [-0.1, -0.05) is 19.8 Å². The number of carbonyl (C=O) groups excluding carboxylic acids is 3. The first-order valence-corrected chi connectivity index (χ1v) is 21.1. The van der Waals surface area contributed by atoms with Crippen molar-refractivity contribution in [2.75, 3.05) is 62.2 Å². The van der Waals surface area contributed by atoms with Gasteiger partial charge in [0, 0.05) is 74.8 Å². The van der Waals surface area contributed by atoms with E-state index in [-0.39, 0.29) is 43.4 Å². The van der Waals surface area contributed by atoms with Crippen molar-refractivity contribution >= 4 is 40.1 Å². The van der Waals surface area contributed by atoms with E-state index in [4.69, 9.17) is 9.47 Å². The van der Waals surface area contributed by atoms with Crippen molar-refractivity contribution in [1.29, 1.82) is 0 Å². The van der Waals surface area contributed by atoms with Gasteiger partial charge in [0.1, 0.15) is 29.6 Å². The summed E-state index contributed by atoms with van der Waals surface area (Å²) in [7, 11) is 0.